The van der Waals surface area contributed by atoms with E-state index in [1.54, 1.807) is 4.90 Å². The number of carbonyl (C=O) groups excluding carboxylic acids is 3. The average Bonchev–Trinajstić information content (AvgIpc) is 3.55. The molecule has 3 aliphatic rings. The van der Waals surface area contributed by atoms with E-state index in [4.69, 9.17) is 0 Å². The quantitative estimate of drug-likeness (QED) is 0.322. The van der Waals surface area contributed by atoms with E-state index in [9.17, 15) is 14.4 Å². The Labute approximate surface area is 189 Å². The summed E-state index contributed by atoms with van der Waals surface area (Å²) in [5.41, 5.74) is 1.74. The third kappa shape index (κ3) is 5.50. The second-order valence-electron chi connectivity index (χ2n) is 9.01. The van der Waals surface area contributed by atoms with Gasteiger partial charge in [-0.25, -0.2) is 0 Å². The van der Waals surface area contributed by atoms with E-state index < -0.39 is 6.04 Å². The molecule has 0 bridgehead atoms. The van der Waals surface area contributed by atoms with Gasteiger partial charge in [-0.3, -0.25) is 19.7 Å². The summed E-state index contributed by atoms with van der Waals surface area (Å²) in [7, 11) is 2.25. The highest BCUT2D eigenvalue weighted by Crippen LogP contribution is 2.34. The highest BCUT2D eigenvalue weighted by molar-refractivity contribution is 7.99. The minimum Gasteiger partial charge on any atom is -0.322 e. The van der Waals surface area contributed by atoms with Gasteiger partial charge in [0.2, 0.25) is 11.8 Å². The number of hydrogen-bond donors (Lipinski definition) is 1. The normalized spacial score (nSPS) is 21.0. The average molecular weight is 444 g/mol. The van der Waals surface area contributed by atoms with Crippen molar-refractivity contribution in [3.63, 3.8) is 0 Å². The maximum atomic E-state index is 12.9. The Balaban J connectivity index is 1.21. The van der Waals surface area contributed by atoms with Gasteiger partial charge in [0.05, 0.1) is 0 Å². The molecule has 31 heavy (non-hydrogen) atoms. The number of carbonyl (C=O) groups is 3. The van der Waals surface area contributed by atoms with E-state index in [1.807, 2.05) is 23.9 Å². The first-order valence-electron chi connectivity index (χ1n) is 11.6. The van der Waals surface area contributed by atoms with Crippen molar-refractivity contribution < 1.29 is 14.4 Å². The van der Waals surface area contributed by atoms with Gasteiger partial charge in [0.25, 0.3) is 5.91 Å². The van der Waals surface area contributed by atoms with Crippen LogP contribution < -0.4 is 5.32 Å². The van der Waals surface area contributed by atoms with Crippen molar-refractivity contribution in [3.8, 4) is 0 Å². The second kappa shape index (κ2) is 10.2. The molecule has 6 nitrogen and oxygen atoms in total. The Hall–Kier alpha value is -1.86. The third-order valence-electron chi connectivity index (χ3n) is 6.62. The largest absolute Gasteiger partial charge is 0.322 e. The minimum absolute atomic E-state index is 0.0943. The summed E-state index contributed by atoms with van der Waals surface area (Å²) < 4.78 is 0. The molecule has 7 heteroatoms. The molecular weight excluding hydrogens is 410 g/mol. The van der Waals surface area contributed by atoms with Crippen LogP contribution in [0.1, 0.15) is 73.7 Å². The number of rotatable bonds is 11. The Morgan fingerprint density at radius 1 is 1.06 bits per heavy atom. The van der Waals surface area contributed by atoms with Crippen LogP contribution in [-0.4, -0.2) is 59.0 Å². The zero-order valence-electron chi connectivity index (χ0n) is 18.4. The maximum absolute atomic E-state index is 12.9. The summed E-state index contributed by atoms with van der Waals surface area (Å²) in [5.74, 6) is 0.347. The maximum Gasteiger partial charge on any atom is 0.255 e. The van der Waals surface area contributed by atoms with Crippen LogP contribution in [0, 0.1) is 0 Å². The summed E-state index contributed by atoms with van der Waals surface area (Å²) >= 11 is 1.82. The topological polar surface area (TPSA) is 69.7 Å². The predicted octanol–water partition coefficient (Wildman–Crippen LogP) is 3.58. The van der Waals surface area contributed by atoms with Crippen LogP contribution >= 0.6 is 11.8 Å². The van der Waals surface area contributed by atoms with E-state index in [0.717, 1.165) is 22.3 Å². The van der Waals surface area contributed by atoms with Gasteiger partial charge in [-0.1, -0.05) is 25.3 Å². The van der Waals surface area contributed by atoms with Gasteiger partial charge >= 0.3 is 0 Å². The number of nitrogens with zero attached hydrogens (tertiary/aromatic N) is 2. The third-order valence-corrected chi connectivity index (χ3v) is 7.81. The smallest absolute Gasteiger partial charge is 0.255 e. The van der Waals surface area contributed by atoms with E-state index in [-0.39, 0.29) is 24.1 Å². The molecule has 1 unspecified atom stereocenters. The molecule has 0 spiro atoms. The fourth-order valence-corrected chi connectivity index (χ4v) is 5.66. The summed E-state index contributed by atoms with van der Waals surface area (Å²) in [5, 5.41) is 2.37. The van der Waals surface area contributed by atoms with Crippen molar-refractivity contribution in [2.45, 2.75) is 81.3 Å². The molecular formula is C24H33N3O3S. The number of imide groups is 1. The molecule has 1 saturated heterocycles. The molecule has 3 amide bonds. The Morgan fingerprint density at radius 3 is 2.61 bits per heavy atom. The number of hydrogen-bond acceptors (Lipinski definition) is 5. The molecule has 1 atom stereocenters. The summed E-state index contributed by atoms with van der Waals surface area (Å²) in [6, 6.07) is 6.19. The lowest BCUT2D eigenvalue weighted by Gasteiger charge is -2.29. The zero-order chi connectivity index (χ0) is 21.8. The van der Waals surface area contributed by atoms with Crippen LogP contribution in [0.2, 0.25) is 0 Å². The molecule has 1 aliphatic carbocycles. The Bertz CT molecular complexity index is 839. The van der Waals surface area contributed by atoms with E-state index >= 15 is 0 Å². The molecule has 0 aromatic heterocycles. The lowest BCUT2D eigenvalue weighted by molar-refractivity contribution is -0.136. The molecule has 1 aromatic carbocycles. The van der Waals surface area contributed by atoms with Crippen molar-refractivity contribution in [3.05, 3.63) is 29.3 Å². The lowest BCUT2D eigenvalue weighted by Crippen LogP contribution is -2.52. The van der Waals surface area contributed by atoms with Gasteiger partial charge in [-0.05, 0) is 69.1 Å². The summed E-state index contributed by atoms with van der Waals surface area (Å²) in [6.07, 6.45) is 9.77. The molecule has 2 aliphatic heterocycles. The van der Waals surface area contributed by atoms with Gasteiger partial charge in [0.1, 0.15) is 6.04 Å². The predicted molar refractivity (Wildman–Crippen MR) is 122 cm³/mol. The lowest BCUT2D eigenvalue weighted by atomic mass is 10.0. The number of amides is 3. The molecule has 2 heterocycles. The first-order chi connectivity index (χ1) is 15.0. The second-order valence-corrected chi connectivity index (χ2v) is 10.1. The Morgan fingerprint density at radius 2 is 1.84 bits per heavy atom. The van der Waals surface area contributed by atoms with Crippen molar-refractivity contribution in [2.24, 2.45) is 0 Å². The summed E-state index contributed by atoms with van der Waals surface area (Å²) in [6.45, 7) is 1.69. The minimum atomic E-state index is -0.547. The van der Waals surface area contributed by atoms with Gasteiger partial charge in [0.15, 0.2) is 0 Å². The van der Waals surface area contributed by atoms with Crippen molar-refractivity contribution >= 4 is 29.5 Å². The van der Waals surface area contributed by atoms with E-state index in [1.165, 1.54) is 51.5 Å². The first-order valence-corrected chi connectivity index (χ1v) is 12.6. The van der Waals surface area contributed by atoms with Crippen molar-refractivity contribution in [2.75, 3.05) is 19.3 Å². The van der Waals surface area contributed by atoms with Crippen LogP contribution in [-0.2, 0) is 16.1 Å². The molecule has 1 N–H and O–H groups in total. The fraction of sp³-hybridized carbons (Fsp3) is 0.625. The van der Waals surface area contributed by atoms with Crippen molar-refractivity contribution in [1.82, 2.24) is 15.1 Å². The number of thioether (sulfide) groups is 1. The van der Waals surface area contributed by atoms with Gasteiger partial charge in [-0.2, -0.15) is 0 Å². The molecule has 0 radical (unpaired) electrons. The van der Waals surface area contributed by atoms with E-state index in [2.05, 4.69) is 23.3 Å². The van der Waals surface area contributed by atoms with Crippen LogP contribution in [0.3, 0.4) is 0 Å². The Kier molecular flexibility index (Phi) is 7.33. The van der Waals surface area contributed by atoms with Crippen molar-refractivity contribution in [1.29, 1.82) is 0 Å². The molecule has 1 aromatic rings. The number of fused-ring (bicyclic) bond motifs is 1. The summed E-state index contributed by atoms with van der Waals surface area (Å²) in [4.78, 5) is 41.8. The highest BCUT2D eigenvalue weighted by atomic mass is 32.2. The number of benzene rings is 1. The SMILES string of the molecule is CN(CCCCCCCSc1cccc2c1CN(C1CCC(=O)NC1=O)C2=O)C1CC1. The van der Waals surface area contributed by atoms with E-state index in [0.29, 0.717) is 18.5 Å². The molecule has 168 valence electrons. The van der Waals surface area contributed by atoms with Crippen LogP contribution in [0.5, 0.6) is 0 Å². The number of nitrogens with one attached hydrogen (secondary N) is 1. The van der Waals surface area contributed by atoms with Gasteiger partial charge in [-0.15, -0.1) is 11.8 Å². The van der Waals surface area contributed by atoms with Crippen LogP contribution in [0.25, 0.3) is 0 Å². The number of piperidine rings is 1. The van der Waals surface area contributed by atoms with Crippen LogP contribution in [0.4, 0.5) is 0 Å². The monoisotopic (exact) mass is 443 g/mol. The molecule has 4 rings (SSSR count). The zero-order valence-corrected chi connectivity index (χ0v) is 19.2. The first kappa shape index (κ1) is 22.3. The fourth-order valence-electron chi connectivity index (χ4n) is 4.57. The molecule has 2 fully saturated rings. The van der Waals surface area contributed by atoms with Gasteiger partial charge in [0, 0.05) is 29.5 Å². The number of unbranched alkanes of at least 4 members (excludes halogenated alkanes) is 4. The highest BCUT2D eigenvalue weighted by Gasteiger charge is 2.39. The van der Waals surface area contributed by atoms with Gasteiger partial charge < -0.3 is 9.80 Å². The standard InChI is InChI=1S/C24H33N3O3S/c1-26(17-10-11-17)14-5-3-2-4-6-15-31-21-9-7-8-18-19(21)16-27(24(18)30)20-12-13-22(28)25-23(20)29/h7-9,17,20H,2-6,10-16H2,1H3,(H,25,28,29). The molecule has 1 saturated carbocycles. The van der Waals surface area contributed by atoms with Crippen LogP contribution in [0.15, 0.2) is 23.1 Å².